The van der Waals surface area contributed by atoms with Crippen molar-refractivity contribution in [3.63, 3.8) is 0 Å². The molecule has 1 aromatic carbocycles. The van der Waals surface area contributed by atoms with Gasteiger partial charge in [-0.15, -0.1) is 11.3 Å². The van der Waals surface area contributed by atoms with Gasteiger partial charge in [0.15, 0.2) is 0 Å². The molecule has 122 valence electrons. The highest BCUT2D eigenvalue weighted by molar-refractivity contribution is 7.10. The molecule has 0 unspecified atom stereocenters. The Morgan fingerprint density at radius 2 is 2.00 bits per heavy atom. The first kappa shape index (κ1) is 16.2. The van der Waals surface area contributed by atoms with Crippen molar-refractivity contribution in [1.29, 1.82) is 0 Å². The molecule has 1 amide bonds. The van der Waals surface area contributed by atoms with Gasteiger partial charge in [-0.25, -0.2) is 0 Å². The third kappa shape index (κ3) is 3.99. The molecule has 0 spiro atoms. The number of piperazine rings is 1. The van der Waals surface area contributed by atoms with Gasteiger partial charge in [-0.3, -0.25) is 9.69 Å². The second kappa shape index (κ2) is 7.25. The summed E-state index contributed by atoms with van der Waals surface area (Å²) < 4.78 is 0. The molecule has 1 aromatic heterocycles. The van der Waals surface area contributed by atoms with Gasteiger partial charge in [0.2, 0.25) is 0 Å². The maximum atomic E-state index is 12.5. The molecule has 3 rings (SSSR count). The van der Waals surface area contributed by atoms with E-state index in [-0.39, 0.29) is 5.91 Å². The lowest BCUT2D eigenvalue weighted by atomic mass is 10.1. The summed E-state index contributed by atoms with van der Waals surface area (Å²) in [5, 5.41) is 12.2. The second-order valence-electron chi connectivity index (χ2n) is 5.99. The molecule has 4 nitrogen and oxygen atoms in total. The summed E-state index contributed by atoms with van der Waals surface area (Å²) in [6.07, 6.45) is -0.436. The smallest absolute Gasteiger partial charge is 0.253 e. The molecular formula is C18H22N2O2S. The maximum Gasteiger partial charge on any atom is 0.253 e. The summed E-state index contributed by atoms with van der Waals surface area (Å²) in [7, 11) is 0. The van der Waals surface area contributed by atoms with Crippen molar-refractivity contribution in [3.8, 4) is 0 Å². The van der Waals surface area contributed by atoms with Crippen LogP contribution in [0.3, 0.4) is 0 Å². The molecule has 2 heterocycles. The van der Waals surface area contributed by atoms with Crippen molar-refractivity contribution < 1.29 is 9.90 Å². The fourth-order valence-electron chi connectivity index (χ4n) is 2.91. The zero-order valence-electron chi connectivity index (χ0n) is 13.3. The van der Waals surface area contributed by atoms with Crippen LogP contribution in [0.2, 0.25) is 0 Å². The Morgan fingerprint density at radius 1 is 1.22 bits per heavy atom. The monoisotopic (exact) mass is 330 g/mol. The SMILES string of the molecule is Cc1cccc(C(=O)N2CCN(C[C@@H](O)c3cccs3)CC2)c1. The predicted molar refractivity (Wildman–Crippen MR) is 92.8 cm³/mol. The molecule has 5 heteroatoms. The van der Waals surface area contributed by atoms with E-state index in [1.54, 1.807) is 11.3 Å². The first-order chi connectivity index (χ1) is 11.1. The molecule has 0 bridgehead atoms. The molecule has 0 aliphatic carbocycles. The molecule has 0 saturated carbocycles. The quantitative estimate of drug-likeness (QED) is 0.937. The van der Waals surface area contributed by atoms with E-state index in [1.807, 2.05) is 53.6 Å². The number of β-amino-alcohol motifs (C(OH)–C–C–N with tert-alkyl or cyclic N) is 1. The normalized spacial score (nSPS) is 17.2. The molecule has 2 aromatic rings. The van der Waals surface area contributed by atoms with Crippen LogP contribution >= 0.6 is 11.3 Å². The minimum atomic E-state index is -0.436. The van der Waals surface area contributed by atoms with Crippen molar-refractivity contribution in [2.45, 2.75) is 13.0 Å². The number of nitrogens with zero attached hydrogens (tertiary/aromatic N) is 2. The Morgan fingerprint density at radius 3 is 2.65 bits per heavy atom. The summed E-state index contributed by atoms with van der Waals surface area (Å²) in [5.74, 6) is 0.104. The van der Waals surface area contributed by atoms with Gasteiger partial charge in [-0.1, -0.05) is 23.8 Å². The third-order valence-corrected chi connectivity index (χ3v) is 5.20. The largest absolute Gasteiger partial charge is 0.386 e. The zero-order valence-corrected chi connectivity index (χ0v) is 14.1. The van der Waals surface area contributed by atoms with E-state index in [1.165, 1.54) is 0 Å². The number of carbonyl (C=O) groups excluding carboxylic acids is 1. The van der Waals surface area contributed by atoms with Gasteiger partial charge in [-0.05, 0) is 30.5 Å². The van der Waals surface area contributed by atoms with Gasteiger partial charge in [-0.2, -0.15) is 0 Å². The minimum Gasteiger partial charge on any atom is -0.386 e. The fourth-order valence-corrected chi connectivity index (χ4v) is 3.61. The highest BCUT2D eigenvalue weighted by Crippen LogP contribution is 2.20. The van der Waals surface area contributed by atoms with Crippen molar-refractivity contribution in [2.75, 3.05) is 32.7 Å². The lowest BCUT2D eigenvalue weighted by molar-refractivity contribution is 0.0533. The molecule has 1 aliphatic rings. The van der Waals surface area contributed by atoms with Gasteiger partial charge in [0.05, 0.1) is 0 Å². The topological polar surface area (TPSA) is 43.8 Å². The first-order valence-corrected chi connectivity index (χ1v) is 8.81. The van der Waals surface area contributed by atoms with Crippen molar-refractivity contribution in [1.82, 2.24) is 9.80 Å². The standard InChI is InChI=1S/C18H22N2O2S/c1-14-4-2-5-15(12-14)18(22)20-9-7-19(8-10-20)13-16(21)17-6-3-11-23-17/h2-6,11-12,16,21H,7-10,13H2,1H3/t16-/m1/s1. The molecule has 1 aliphatic heterocycles. The van der Waals surface area contributed by atoms with Gasteiger partial charge in [0.1, 0.15) is 6.10 Å². The summed E-state index contributed by atoms with van der Waals surface area (Å²) in [4.78, 5) is 17.7. The molecule has 1 atom stereocenters. The number of benzene rings is 1. The van der Waals surface area contributed by atoms with E-state index in [9.17, 15) is 9.90 Å². The molecular weight excluding hydrogens is 308 g/mol. The Kier molecular flexibility index (Phi) is 5.10. The molecule has 1 saturated heterocycles. The number of amides is 1. The van der Waals surface area contributed by atoms with Crippen LogP contribution in [0.5, 0.6) is 0 Å². The second-order valence-corrected chi connectivity index (χ2v) is 6.97. The van der Waals surface area contributed by atoms with Crippen LogP contribution in [-0.4, -0.2) is 53.5 Å². The van der Waals surface area contributed by atoms with E-state index < -0.39 is 6.10 Å². The predicted octanol–water partition coefficient (Wildman–Crippen LogP) is 2.55. The Balaban J connectivity index is 1.53. The molecule has 1 N–H and O–H groups in total. The number of aliphatic hydroxyl groups is 1. The number of hydrogen-bond donors (Lipinski definition) is 1. The lowest BCUT2D eigenvalue weighted by Gasteiger charge is -2.35. The summed E-state index contributed by atoms with van der Waals surface area (Å²) in [6.45, 7) is 5.67. The number of thiophene rings is 1. The van der Waals surface area contributed by atoms with Gasteiger partial charge >= 0.3 is 0 Å². The van der Waals surface area contributed by atoms with Crippen molar-refractivity contribution in [3.05, 3.63) is 57.8 Å². The number of aryl methyl sites for hydroxylation is 1. The van der Waals surface area contributed by atoms with E-state index >= 15 is 0 Å². The minimum absolute atomic E-state index is 0.104. The van der Waals surface area contributed by atoms with Crippen molar-refractivity contribution in [2.24, 2.45) is 0 Å². The van der Waals surface area contributed by atoms with E-state index in [0.29, 0.717) is 19.6 Å². The summed E-state index contributed by atoms with van der Waals surface area (Å²) >= 11 is 1.58. The highest BCUT2D eigenvalue weighted by atomic mass is 32.1. The molecule has 23 heavy (non-hydrogen) atoms. The Labute approximate surface area is 141 Å². The maximum absolute atomic E-state index is 12.5. The van der Waals surface area contributed by atoms with E-state index in [2.05, 4.69) is 4.90 Å². The average Bonchev–Trinajstić information content (AvgIpc) is 3.09. The lowest BCUT2D eigenvalue weighted by Crippen LogP contribution is -2.49. The van der Waals surface area contributed by atoms with E-state index in [0.717, 1.165) is 29.1 Å². The van der Waals surface area contributed by atoms with Gasteiger partial charge < -0.3 is 10.0 Å². The van der Waals surface area contributed by atoms with Crippen LogP contribution in [0.15, 0.2) is 41.8 Å². The highest BCUT2D eigenvalue weighted by Gasteiger charge is 2.23. The Bertz CT molecular complexity index is 649. The molecule has 0 radical (unpaired) electrons. The van der Waals surface area contributed by atoms with Crippen LogP contribution in [-0.2, 0) is 0 Å². The third-order valence-electron chi connectivity index (χ3n) is 4.23. The van der Waals surface area contributed by atoms with Crippen LogP contribution in [0, 0.1) is 6.92 Å². The summed E-state index contributed by atoms with van der Waals surface area (Å²) in [6, 6.07) is 11.7. The number of aliphatic hydroxyl groups excluding tert-OH is 1. The van der Waals surface area contributed by atoms with E-state index in [4.69, 9.17) is 0 Å². The van der Waals surface area contributed by atoms with Crippen LogP contribution < -0.4 is 0 Å². The number of rotatable bonds is 4. The molecule has 1 fully saturated rings. The first-order valence-electron chi connectivity index (χ1n) is 7.93. The van der Waals surface area contributed by atoms with Crippen molar-refractivity contribution >= 4 is 17.2 Å². The van der Waals surface area contributed by atoms with Gasteiger partial charge in [0.25, 0.3) is 5.91 Å². The number of hydrogen-bond acceptors (Lipinski definition) is 4. The van der Waals surface area contributed by atoms with Crippen LogP contribution in [0.4, 0.5) is 0 Å². The fraction of sp³-hybridized carbons (Fsp3) is 0.389. The number of carbonyl (C=O) groups is 1. The van der Waals surface area contributed by atoms with Crippen LogP contribution in [0.1, 0.15) is 26.9 Å². The van der Waals surface area contributed by atoms with Crippen LogP contribution in [0.25, 0.3) is 0 Å². The van der Waals surface area contributed by atoms with Gasteiger partial charge in [0, 0.05) is 43.2 Å². The average molecular weight is 330 g/mol. The Hall–Kier alpha value is -1.69. The summed E-state index contributed by atoms with van der Waals surface area (Å²) in [5.41, 5.74) is 1.87. The zero-order chi connectivity index (χ0) is 16.2.